The van der Waals surface area contributed by atoms with E-state index in [-0.39, 0.29) is 50.4 Å². The van der Waals surface area contributed by atoms with Gasteiger partial charge in [-0.3, -0.25) is 14.4 Å². The van der Waals surface area contributed by atoms with Crippen molar-refractivity contribution in [1.29, 1.82) is 0 Å². The van der Waals surface area contributed by atoms with E-state index >= 15 is 0 Å². The van der Waals surface area contributed by atoms with Crippen molar-refractivity contribution < 1.29 is 28.6 Å². The molecule has 0 aliphatic rings. The first-order chi connectivity index (χ1) is 31.0. The smallest absolute Gasteiger partial charge is 0.306 e. The van der Waals surface area contributed by atoms with Gasteiger partial charge in [-0.1, -0.05) is 204 Å². The molecular weight excluding hydrogens is 781 g/mol. The Hall–Kier alpha value is -4.97. The van der Waals surface area contributed by atoms with Crippen LogP contribution in [0, 0.1) is 0 Å². The molecule has 0 radical (unpaired) electrons. The third kappa shape index (κ3) is 47.9. The van der Waals surface area contributed by atoms with Crippen LogP contribution in [0.4, 0.5) is 0 Å². The Balaban J connectivity index is 4.66. The van der Waals surface area contributed by atoms with E-state index in [0.29, 0.717) is 12.8 Å². The maximum Gasteiger partial charge on any atom is 0.306 e. The quantitative estimate of drug-likeness (QED) is 0.0201. The van der Waals surface area contributed by atoms with Crippen molar-refractivity contribution in [3.8, 4) is 0 Å². The summed E-state index contributed by atoms with van der Waals surface area (Å²) < 4.78 is 16.6. The van der Waals surface area contributed by atoms with Crippen LogP contribution >= 0.6 is 0 Å². The lowest BCUT2D eigenvalue weighted by Crippen LogP contribution is -2.30. The van der Waals surface area contributed by atoms with Gasteiger partial charge in [-0.15, -0.1) is 0 Å². The Morgan fingerprint density at radius 1 is 0.333 bits per heavy atom. The molecule has 63 heavy (non-hydrogen) atoms. The van der Waals surface area contributed by atoms with Crippen molar-refractivity contribution >= 4 is 17.9 Å². The molecular formula is C57H84O6. The van der Waals surface area contributed by atoms with Crippen molar-refractivity contribution in [2.75, 3.05) is 13.2 Å². The number of carbonyl (C=O) groups excluding carboxylic acids is 3. The molecule has 0 fully saturated rings. The fourth-order valence-corrected chi connectivity index (χ4v) is 5.65. The minimum absolute atomic E-state index is 0.152. The zero-order valence-corrected chi connectivity index (χ0v) is 39.5. The molecule has 0 aliphatic carbocycles. The summed E-state index contributed by atoms with van der Waals surface area (Å²) in [7, 11) is 0. The fraction of sp³-hybridized carbons (Fsp3) is 0.491. The molecule has 0 aromatic heterocycles. The average molecular weight is 865 g/mol. The molecule has 0 bridgehead atoms. The van der Waals surface area contributed by atoms with Gasteiger partial charge in [0.25, 0.3) is 0 Å². The van der Waals surface area contributed by atoms with Gasteiger partial charge in [0, 0.05) is 19.3 Å². The second kappa shape index (κ2) is 49.7. The van der Waals surface area contributed by atoms with Gasteiger partial charge >= 0.3 is 17.9 Å². The first-order valence-corrected chi connectivity index (χ1v) is 24.1. The Bertz CT molecular complexity index is 1510. The zero-order chi connectivity index (χ0) is 45.8. The predicted molar refractivity (Wildman–Crippen MR) is 269 cm³/mol. The van der Waals surface area contributed by atoms with Crippen molar-refractivity contribution in [2.45, 2.75) is 168 Å². The number of rotatable bonds is 40. The summed E-state index contributed by atoms with van der Waals surface area (Å²) in [4.78, 5) is 37.8. The highest BCUT2D eigenvalue weighted by atomic mass is 16.6. The molecule has 0 spiro atoms. The van der Waals surface area contributed by atoms with Gasteiger partial charge in [-0.25, -0.2) is 0 Å². The lowest BCUT2D eigenvalue weighted by atomic mass is 10.1. The maximum absolute atomic E-state index is 12.8. The molecule has 0 aromatic carbocycles. The van der Waals surface area contributed by atoms with Crippen LogP contribution in [0.2, 0.25) is 0 Å². The third-order valence-electron chi connectivity index (χ3n) is 9.15. The highest BCUT2D eigenvalue weighted by Gasteiger charge is 2.19. The standard InChI is InChI=1S/C57H84O6/c1-4-7-10-13-16-19-22-25-27-29-32-35-38-41-44-47-50-56(59)62-53-54(52-61-55(58)49-46-43-40-37-34-31-24-21-18-15-12-9-6-3)63-57(60)51-48-45-42-39-36-33-30-28-26-23-20-17-14-11-8-5-2/h7-12,15-21,24-28,31-32,34-35,37,40-41,44,54H,4-6,13-14,22-23,29-30,33,36,38-39,42-43,45-53H2,1-3H3/b10-7+,11-8+,12-9+,18-15+,19-16+,20-17+,24-21+,27-25+,28-26+,34-31+,35-32+,40-37+,44-41+. The SMILES string of the molecule is CC/C=C/C=C/C=C/C=C/C=C/CCCC(=O)OCC(COC(=O)CC/C=C/C/C=C/C/C=C/C/C=C/C/C=C/CC)OC(=O)CCCCCCCC/C=C/C/C=C/C/C=C/CC. The molecule has 0 N–H and O–H groups in total. The summed E-state index contributed by atoms with van der Waals surface area (Å²) in [6.45, 7) is 6.08. The number of hydrogen-bond donors (Lipinski definition) is 0. The van der Waals surface area contributed by atoms with E-state index in [2.05, 4.69) is 112 Å². The highest BCUT2D eigenvalue weighted by Crippen LogP contribution is 2.11. The third-order valence-corrected chi connectivity index (χ3v) is 9.15. The van der Waals surface area contributed by atoms with Crippen molar-refractivity contribution in [2.24, 2.45) is 0 Å². The van der Waals surface area contributed by atoms with E-state index in [1.807, 2.05) is 66.8 Å². The summed E-state index contributed by atoms with van der Waals surface area (Å²) in [5, 5.41) is 0. The predicted octanol–water partition coefficient (Wildman–Crippen LogP) is 15.9. The minimum atomic E-state index is -0.851. The molecule has 0 heterocycles. The fourth-order valence-electron chi connectivity index (χ4n) is 5.65. The Morgan fingerprint density at radius 3 is 1.21 bits per heavy atom. The van der Waals surface area contributed by atoms with Gasteiger partial charge < -0.3 is 14.2 Å². The molecule has 6 heteroatoms. The number of carbonyl (C=O) groups is 3. The Kier molecular flexibility index (Phi) is 45.8. The lowest BCUT2D eigenvalue weighted by molar-refractivity contribution is -0.166. The number of unbranched alkanes of at least 4 members (excludes halogenated alkanes) is 7. The Morgan fingerprint density at radius 2 is 0.698 bits per heavy atom. The average Bonchev–Trinajstić information content (AvgIpc) is 3.28. The number of hydrogen-bond acceptors (Lipinski definition) is 6. The summed E-state index contributed by atoms with van der Waals surface area (Å²) >= 11 is 0. The second-order valence-electron chi connectivity index (χ2n) is 15.0. The molecule has 348 valence electrons. The molecule has 1 atom stereocenters. The zero-order valence-electron chi connectivity index (χ0n) is 39.5. The molecule has 0 rings (SSSR count). The molecule has 0 aliphatic heterocycles. The summed E-state index contributed by atoms with van der Waals surface area (Å²) in [5.74, 6) is -1.13. The summed E-state index contributed by atoms with van der Waals surface area (Å²) in [5.41, 5.74) is 0. The van der Waals surface area contributed by atoms with Crippen LogP contribution in [0.25, 0.3) is 0 Å². The monoisotopic (exact) mass is 865 g/mol. The van der Waals surface area contributed by atoms with Crippen LogP contribution in [0.3, 0.4) is 0 Å². The normalized spacial score (nSPS) is 13.5. The Labute approximate surface area is 384 Å². The lowest BCUT2D eigenvalue weighted by Gasteiger charge is -2.18. The topological polar surface area (TPSA) is 78.9 Å². The van der Waals surface area contributed by atoms with Crippen LogP contribution in [0.1, 0.15) is 162 Å². The molecule has 1 unspecified atom stereocenters. The van der Waals surface area contributed by atoms with Gasteiger partial charge in [-0.2, -0.15) is 0 Å². The first-order valence-electron chi connectivity index (χ1n) is 24.1. The number of esters is 3. The number of ether oxygens (including phenoxy) is 3. The van der Waals surface area contributed by atoms with E-state index in [4.69, 9.17) is 14.2 Å². The molecule has 0 amide bonds. The van der Waals surface area contributed by atoms with Crippen LogP contribution in [0.5, 0.6) is 0 Å². The van der Waals surface area contributed by atoms with E-state index in [1.54, 1.807) is 0 Å². The largest absolute Gasteiger partial charge is 0.462 e. The summed E-state index contributed by atoms with van der Waals surface area (Å²) in [6.07, 6.45) is 72.4. The van der Waals surface area contributed by atoms with E-state index in [9.17, 15) is 14.4 Å². The van der Waals surface area contributed by atoms with E-state index < -0.39 is 6.10 Å². The first kappa shape index (κ1) is 58.0. The highest BCUT2D eigenvalue weighted by molar-refractivity contribution is 5.71. The minimum Gasteiger partial charge on any atom is -0.462 e. The molecule has 6 nitrogen and oxygen atoms in total. The van der Waals surface area contributed by atoms with Gasteiger partial charge in [0.05, 0.1) is 0 Å². The number of allylic oxidation sites excluding steroid dienone is 26. The van der Waals surface area contributed by atoms with Crippen LogP contribution in [-0.2, 0) is 28.6 Å². The van der Waals surface area contributed by atoms with Gasteiger partial charge in [0.15, 0.2) is 6.10 Å². The molecule has 0 aromatic rings. The van der Waals surface area contributed by atoms with Crippen molar-refractivity contribution in [1.82, 2.24) is 0 Å². The van der Waals surface area contributed by atoms with Crippen LogP contribution < -0.4 is 0 Å². The van der Waals surface area contributed by atoms with Crippen molar-refractivity contribution in [3.63, 3.8) is 0 Å². The molecule has 0 saturated heterocycles. The van der Waals surface area contributed by atoms with Crippen LogP contribution in [-0.4, -0.2) is 37.2 Å². The second-order valence-corrected chi connectivity index (χ2v) is 15.0. The van der Waals surface area contributed by atoms with Gasteiger partial charge in [-0.05, 0) is 96.3 Å². The van der Waals surface area contributed by atoms with Crippen LogP contribution in [0.15, 0.2) is 158 Å². The molecule has 0 saturated carbocycles. The van der Waals surface area contributed by atoms with E-state index in [0.717, 1.165) is 96.3 Å². The van der Waals surface area contributed by atoms with Crippen molar-refractivity contribution in [3.05, 3.63) is 158 Å². The maximum atomic E-state index is 12.8. The summed E-state index contributed by atoms with van der Waals surface area (Å²) in [6, 6.07) is 0. The van der Waals surface area contributed by atoms with Gasteiger partial charge in [0.1, 0.15) is 13.2 Å². The van der Waals surface area contributed by atoms with E-state index in [1.165, 1.54) is 12.8 Å². The van der Waals surface area contributed by atoms with Gasteiger partial charge in [0.2, 0.25) is 0 Å².